The van der Waals surface area contributed by atoms with Crippen LogP contribution in [0.15, 0.2) is 71.8 Å². The van der Waals surface area contributed by atoms with Crippen molar-refractivity contribution in [2.24, 2.45) is 5.10 Å². The Morgan fingerprint density at radius 3 is 2.57 bits per heavy atom. The second kappa shape index (κ2) is 9.01. The number of rotatable bonds is 6. The number of aromatic hydroxyl groups is 1. The quantitative estimate of drug-likeness (QED) is 0.473. The van der Waals surface area contributed by atoms with Gasteiger partial charge >= 0.3 is 0 Å². The predicted molar refractivity (Wildman–Crippen MR) is 105 cm³/mol. The van der Waals surface area contributed by atoms with E-state index in [1.54, 1.807) is 48.5 Å². The van der Waals surface area contributed by atoms with Gasteiger partial charge in [0.15, 0.2) is 0 Å². The van der Waals surface area contributed by atoms with Gasteiger partial charge in [-0.3, -0.25) is 4.79 Å². The number of halogens is 2. The van der Waals surface area contributed by atoms with E-state index in [9.17, 15) is 14.3 Å². The fraction of sp³-hybridized carbons (Fsp3) is 0.0476. The number of ether oxygens (including phenoxy) is 1. The van der Waals surface area contributed by atoms with E-state index in [1.165, 1.54) is 24.4 Å². The largest absolute Gasteiger partial charge is 0.507 e. The molecule has 142 valence electrons. The number of phenols is 1. The number of nitrogens with zero attached hydrogens (tertiary/aromatic N) is 1. The number of hydrogen-bond donors (Lipinski definition) is 2. The summed E-state index contributed by atoms with van der Waals surface area (Å²) in [6, 6.07) is 17.4. The van der Waals surface area contributed by atoms with Gasteiger partial charge < -0.3 is 9.84 Å². The molecule has 0 atom stereocenters. The van der Waals surface area contributed by atoms with E-state index >= 15 is 0 Å². The van der Waals surface area contributed by atoms with Crippen molar-refractivity contribution < 1.29 is 19.0 Å². The van der Waals surface area contributed by atoms with Crippen LogP contribution in [-0.2, 0) is 6.61 Å². The molecule has 0 spiro atoms. The number of phenolic OH excluding ortho intramolecular Hbond substituents is 1. The number of para-hydroxylation sites is 1. The van der Waals surface area contributed by atoms with Crippen molar-refractivity contribution in [1.82, 2.24) is 5.43 Å². The van der Waals surface area contributed by atoms with Crippen LogP contribution in [0.25, 0.3) is 0 Å². The summed E-state index contributed by atoms with van der Waals surface area (Å²) in [6.45, 7) is -0.0259. The molecule has 7 heteroatoms. The van der Waals surface area contributed by atoms with Crippen LogP contribution in [-0.4, -0.2) is 17.2 Å². The summed E-state index contributed by atoms with van der Waals surface area (Å²) in [6.07, 6.45) is 1.35. The molecule has 28 heavy (non-hydrogen) atoms. The van der Waals surface area contributed by atoms with Crippen LogP contribution in [0.3, 0.4) is 0 Å². The monoisotopic (exact) mass is 398 g/mol. The second-order valence-corrected chi connectivity index (χ2v) is 6.18. The minimum atomic E-state index is -0.439. The van der Waals surface area contributed by atoms with Crippen molar-refractivity contribution in [1.29, 1.82) is 0 Å². The summed E-state index contributed by atoms with van der Waals surface area (Å²) >= 11 is 5.96. The fourth-order valence-corrected chi connectivity index (χ4v) is 2.57. The maximum Gasteiger partial charge on any atom is 0.271 e. The molecule has 3 aromatic rings. The lowest BCUT2D eigenvalue weighted by molar-refractivity contribution is 0.0955. The van der Waals surface area contributed by atoms with Crippen molar-refractivity contribution >= 4 is 23.7 Å². The average molecular weight is 399 g/mol. The third-order valence-corrected chi connectivity index (χ3v) is 4.22. The van der Waals surface area contributed by atoms with Crippen LogP contribution in [0, 0.1) is 5.82 Å². The Labute approximate surface area is 166 Å². The van der Waals surface area contributed by atoms with E-state index in [1.807, 2.05) is 0 Å². The first-order chi connectivity index (χ1) is 13.5. The van der Waals surface area contributed by atoms with Gasteiger partial charge in [-0.1, -0.05) is 29.8 Å². The lowest BCUT2D eigenvalue weighted by Gasteiger charge is -2.09. The molecule has 0 saturated heterocycles. The number of hydrogen-bond acceptors (Lipinski definition) is 4. The first kappa shape index (κ1) is 19.4. The Hall–Kier alpha value is -3.38. The highest BCUT2D eigenvalue weighted by Gasteiger charge is 2.09. The lowest BCUT2D eigenvalue weighted by atomic mass is 10.2. The van der Waals surface area contributed by atoms with Crippen LogP contribution in [0.4, 0.5) is 4.39 Å². The summed E-state index contributed by atoms with van der Waals surface area (Å²) < 4.78 is 19.3. The zero-order chi connectivity index (χ0) is 19.9. The van der Waals surface area contributed by atoms with Gasteiger partial charge in [0.1, 0.15) is 23.9 Å². The van der Waals surface area contributed by atoms with Crippen molar-refractivity contribution in [3.8, 4) is 11.5 Å². The minimum Gasteiger partial charge on any atom is -0.507 e. The standard InChI is InChI=1S/C21H16ClFN2O3/c22-18-5-3-6-19(23)17(18)13-28-16-10-8-14(9-11-16)21(27)25-24-12-15-4-1-2-7-20(15)26/h1-12,26H,13H2,(H,25,27). The average Bonchev–Trinajstić information content (AvgIpc) is 2.69. The van der Waals surface area contributed by atoms with Gasteiger partial charge in [0.05, 0.1) is 11.2 Å². The van der Waals surface area contributed by atoms with Crippen LogP contribution in [0.5, 0.6) is 11.5 Å². The molecule has 0 aliphatic rings. The predicted octanol–water partition coefficient (Wildman–Crippen LogP) is 4.53. The van der Waals surface area contributed by atoms with Crippen LogP contribution >= 0.6 is 11.6 Å². The molecule has 3 aromatic carbocycles. The van der Waals surface area contributed by atoms with Crippen LogP contribution in [0.2, 0.25) is 5.02 Å². The summed E-state index contributed by atoms with van der Waals surface area (Å²) in [4.78, 5) is 12.1. The minimum absolute atomic E-state index is 0.0259. The Kier molecular flexibility index (Phi) is 6.24. The van der Waals surface area contributed by atoms with E-state index in [0.29, 0.717) is 21.9 Å². The highest BCUT2D eigenvalue weighted by atomic mass is 35.5. The number of hydrazone groups is 1. The van der Waals surface area contributed by atoms with E-state index < -0.39 is 11.7 Å². The van der Waals surface area contributed by atoms with Gasteiger partial charge in [-0.25, -0.2) is 9.82 Å². The summed E-state index contributed by atoms with van der Waals surface area (Å²) in [7, 11) is 0. The van der Waals surface area contributed by atoms with E-state index in [4.69, 9.17) is 16.3 Å². The number of carbonyl (C=O) groups excluding carboxylic acids is 1. The summed E-state index contributed by atoms with van der Waals surface area (Å²) in [5, 5.41) is 13.8. The molecule has 3 rings (SSSR count). The SMILES string of the molecule is O=C(NN=Cc1ccccc1O)c1ccc(OCc2c(F)cccc2Cl)cc1. The highest BCUT2D eigenvalue weighted by Crippen LogP contribution is 2.21. The Balaban J connectivity index is 1.58. The molecule has 0 aromatic heterocycles. The number of carbonyl (C=O) groups is 1. The maximum absolute atomic E-state index is 13.7. The van der Waals surface area contributed by atoms with Gasteiger partial charge in [0.2, 0.25) is 0 Å². The molecule has 0 bridgehead atoms. The van der Waals surface area contributed by atoms with Gasteiger partial charge in [-0.05, 0) is 48.5 Å². The molecule has 0 heterocycles. The Bertz CT molecular complexity index is 987. The maximum atomic E-state index is 13.7. The highest BCUT2D eigenvalue weighted by molar-refractivity contribution is 6.31. The number of benzene rings is 3. The second-order valence-electron chi connectivity index (χ2n) is 5.77. The van der Waals surface area contributed by atoms with Crippen molar-refractivity contribution in [2.75, 3.05) is 0 Å². The van der Waals surface area contributed by atoms with Gasteiger partial charge in [-0.2, -0.15) is 5.10 Å². The smallest absolute Gasteiger partial charge is 0.271 e. The zero-order valence-electron chi connectivity index (χ0n) is 14.6. The zero-order valence-corrected chi connectivity index (χ0v) is 15.4. The molecule has 0 aliphatic carbocycles. The molecule has 1 amide bonds. The fourth-order valence-electron chi connectivity index (χ4n) is 2.35. The topological polar surface area (TPSA) is 70.9 Å². The summed E-state index contributed by atoms with van der Waals surface area (Å²) in [5.41, 5.74) is 3.50. The van der Waals surface area contributed by atoms with E-state index in [2.05, 4.69) is 10.5 Å². The summed E-state index contributed by atoms with van der Waals surface area (Å²) in [5.74, 6) is -0.327. The molecule has 0 aliphatic heterocycles. The molecule has 2 N–H and O–H groups in total. The molecule has 0 fully saturated rings. The first-order valence-corrected chi connectivity index (χ1v) is 8.69. The van der Waals surface area contributed by atoms with Gasteiger partial charge in [-0.15, -0.1) is 0 Å². The third-order valence-electron chi connectivity index (χ3n) is 3.87. The molecule has 0 saturated carbocycles. The molecular formula is C21H16ClFN2O3. The molecule has 0 radical (unpaired) electrons. The van der Waals surface area contributed by atoms with Gasteiger partial charge in [0, 0.05) is 16.7 Å². The molecule has 5 nitrogen and oxygen atoms in total. The van der Waals surface area contributed by atoms with Crippen molar-refractivity contribution in [2.45, 2.75) is 6.61 Å². The lowest BCUT2D eigenvalue weighted by Crippen LogP contribution is -2.17. The Morgan fingerprint density at radius 2 is 1.86 bits per heavy atom. The van der Waals surface area contributed by atoms with Crippen molar-refractivity contribution in [3.05, 3.63) is 94.3 Å². The third kappa shape index (κ3) is 4.86. The van der Waals surface area contributed by atoms with Crippen molar-refractivity contribution in [3.63, 3.8) is 0 Å². The molecule has 0 unspecified atom stereocenters. The number of amides is 1. The van der Waals surface area contributed by atoms with Gasteiger partial charge in [0.25, 0.3) is 5.91 Å². The van der Waals surface area contributed by atoms with E-state index in [-0.39, 0.29) is 17.9 Å². The van der Waals surface area contributed by atoms with Crippen LogP contribution < -0.4 is 10.2 Å². The van der Waals surface area contributed by atoms with Crippen LogP contribution in [0.1, 0.15) is 21.5 Å². The molecular weight excluding hydrogens is 383 g/mol. The Morgan fingerprint density at radius 1 is 1.11 bits per heavy atom. The first-order valence-electron chi connectivity index (χ1n) is 8.32. The normalized spacial score (nSPS) is 10.8. The number of nitrogens with one attached hydrogen (secondary N) is 1. The van der Waals surface area contributed by atoms with E-state index in [0.717, 1.165) is 0 Å².